The van der Waals surface area contributed by atoms with E-state index in [0.717, 1.165) is 6.07 Å². The van der Waals surface area contributed by atoms with Crippen molar-refractivity contribution < 1.29 is 13.2 Å². The highest BCUT2D eigenvalue weighted by Crippen LogP contribution is 2.35. The van der Waals surface area contributed by atoms with Crippen LogP contribution in [0.2, 0.25) is 5.02 Å². The number of halogens is 4. The molecule has 21 heavy (non-hydrogen) atoms. The van der Waals surface area contributed by atoms with Gasteiger partial charge in [0.1, 0.15) is 5.82 Å². The summed E-state index contributed by atoms with van der Waals surface area (Å²) in [7, 11) is 1.52. The van der Waals surface area contributed by atoms with Crippen molar-refractivity contribution in [3.63, 3.8) is 0 Å². The Morgan fingerprint density at radius 3 is 2.67 bits per heavy atom. The van der Waals surface area contributed by atoms with Crippen molar-refractivity contribution in [1.29, 1.82) is 0 Å². The van der Waals surface area contributed by atoms with Crippen LogP contribution >= 0.6 is 11.6 Å². The van der Waals surface area contributed by atoms with Crippen LogP contribution in [-0.4, -0.2) is 12.0 Å². The number of nitrogen functional groups attached to an aromatic ring is 1. The highest BCUT2D eigenvalue weighted by molar-refractivity contribution is 6.31. The second-order valence-electron chi connectivity index (χ2n) is 4.58. The molecule has 2 N–H and O–H groups in total. The normalized spacial score (nSPS) is 11.5. The number of alkyl halides is 3. The number of hydrogen-bond donors (Lipinski definition) is 1. The van der Waals surface area contributed by atoms with Crippen LogP contribution in [0.3, 0.4) is 0 Å². The van der Waals surface area contributed by atoms with Gasteiger partial charge in [0, 0.05) is 30.5 Å². The molecule has 3 nitrogen and oxygen atoms in total. The molecule has 0 spiro atoms. The molecule has 0 radical (unpaired) electrons. The second-order valence-corrected chi connectivity index (χ2v) is 4.99. The number of anilines is 2. The van der Waals surface area contributed by atoms with Gasteiger partial charge >= 0.3 is 6.18 Å². The monoisotopic (exact) mass is 315 g/mol. The van der Waals surface area contributed by atoms with E-state index in [1.165, 1.54) is 24.2 Å². The number of pyridine rings is 1. The Labute approximate surface area is 125 Å². The lowest BCUT2D eigenvalue weighted by molar-refractivity contribution is -0.137. The maximum Gasteiger partial charge on any atom is 0.419 e. The highest BCUT2D eigenvalue weighted by atomic mass is 35.5. The van der Waals surface area contributed by atoms with E-state index in [0.29, 0.717) is 16.3 Å². The summed E-state index contributed by atoms with van der Waals surface area (Å²) in [5.74, 6) is -0.150. The van der Waals surface area contributed by atoms with Crippen molar-refractivity contribution in [3.05, 3.63) is 52.7 Å². The van der Waals surface area contributed by atoms with Crippen molar-refractivity contribution in [2.24, 2.45) is 0 Å². The third-order valence-corrected chi connectivity index (χ3v) is 3.30. The van der Waals surface area contributed by atoms with E-state index in [2.05, 4.69) is 4.98 Å². The third-order valence-electron chi connectivity index (χ3n) is 2.93. The zero-order valence-electron chi connectivity index (χ0n) is 11.2. The molecule has 0 fully saturated rings. The first-order valence-corrected chi connectivity index (χ1v) is 6.44. The predicted molar refractivity (Wildman–Crippen MR) is 77.2 cm³/mol. The third kappa shape index (κ3) is 3.58. The van der Waals surface area contributed by atoms with Gasteiger partial charge in [0.2, 0.25) is 0 Å². The lowest BCUT2D eigenvalue weighted by Gasteiger charge is -2.22. The van der Waals surface area contributed by atoms with E-state index in [9.17, 15) is 13.2 Å². The molecule has 1 aromatic carbocycles. The van der Waals surface area contributed by atoms with Crippen LogP contribution in [0.25, 0.3) is 0 Å². The fourth-order valence-electron chi connectivity index (χ4n) is 1.97. The minimum absolute atomic E-state index is 0.150. The van der Waals surface area contributed by atoms with E-state index in [-0.39, 0.29) is 12.4 Å². The fourth-order valence-corrected chi connectivity index (χ4v) is 2.15. The Bertz CT molecular complexity index is 644. The molecule has 0 unspecified atom stereocenters. The molecule has 1 aromatic heterocycles. The first kappa shape index (κ1) is 15.4. The van der Waals surface area contributed by atoms with Crippen LogP contribution in [-0.2, 0) is 12.7 Å². The molecule has 0 saturated carbocycles. The maximum absolute atomic E-state index is 13.0. The molecule has 112 valence electrons. The van der Waals surface area contributed by atoms with Gasteiger partial charge in [-0.15, -0.1) is 0 Å². The van der Waals surface area contributed by atoms with Gasteiger partial charge in [-0.05, 0) is 35.9 Å². The Balaban J connectivity index is 2.33. The smallest absolute Gasteiger partial charge is 0.399 e. The molecule has 2 aromatic rings. The second kappa shape index (κ2) is 5.81. The molecular weight excluding hydrogens is 303 g/mol. The lowest BCUT2D eigenvalue weighted by atomic mass is 10.1. The Hall–Kier alpha value is -1.95. The number of benzene rings is 1. The number of nitrogens with zero attached hydrogens (tertiary/aromatic N) is 2. The van der Waals surface area contributed by atoms with Crippen LogP contribution in [0.15, 0.2) is 36.5 Å². The SMILES string of the molecule is CN(Cc1cc(N)ccc1Cl)c1ncccc1C(F)(F)F. The standard InChI is InChI=1S/C14H13ClF3N3/c1-21(8-9-7-10(19)4-5-12(9)15)13-11(14(16,17)18)3-2-6-20-13/h2-7H,8,19H2,1H3. The van der Waals surface area contributed by atoms with E-state index in [1.54, 1.807) is 18.2 Å². The molecule has 0 aliphatic carbocycles. The molecule has 0 bridgehead atoms. The van der Waals surface area contributed by atoms with Crippen molar-refractivity contribution >= 4 is 23.1 Å². The zero-order valence-corrected chi connectivity index (χ0v) is 11.9. The van der Waals surface area contributed by atoms with Gasteiger partial charge in [-0.25, -0.2) is 4.98 Å². The first-order valence-electron chi connectivity index (χ1n) is 6.06. The molecule has 0 aliphatic rings. The highest BCUT2D eigenvalue weighted by Gasteiger charge is 2.35. The molecule has 0 saturated heterocycles. The van der Waals surface area contributed by atoms with E-state index in [1.807, 2.05) is 0 Å². The molecule has 2 rings (SSSR count). The van der Waals surface area contributed by atoms with Crippen molar-refractivity contribution in [2.45, 2.75) is 12.7 Å². The number of rotatable bonds is 3. The van der Waals surface area contributed by atoms with Crippen LogP contribution in [0.1, 0.15) is 11.1 Å². The summed E-state index contributed by atoms with van der Waals surface area (Å²) in [4.78, 5) is 5.22. The number of hydrogen-bond acceptors (Lipinski definition) is 3. The maximum atomic E-state index is 13.0. The first-order chi connectivity index (χ1) is 9.79. The van der Waals surface area contributed by atoms with Gasteiger partial charge in [0.15, 0.2) is 0 Å². The minimum Gasteiger partial charge on any atom is -0.399 e. The van der Waals surface area contributed by atoms with Crippen molar-refractivity contribution in [1.82, 2.24) is 4.98 Å². The average Bonchev–Trinajstić information content (AvgIpc) is 2.42. The molecule has 7 heteroatoms. The topological polar surface area (TPSA) is 42.1 Å². The predicted octanol–water partition coefficient (Wildman–Crippen LogP) is 3.97. The van der Waals surface area contributed by atoms with Gasteiger partial charge in [-0.2, -0.15) is 13.2 Å². The number of nitrogens with two attached hydrogens (primary N) is 1. The molecule has 0 atom stereocenters. The largest absolute Gasteiger partial charge is 0.419 e. The molecule has 0 aliphatic heterocycles. The van der Waals surface area contributed by atoms with E-state index < -0.39 is 11.7 Å². The van der Waals surface area contributed by atoms with Gasteiger partial charge in [-0.3, -0.25) is 0 Å². The van der Waals surface area contributed by atoms with Crippen LogP contribution in [0.5, 0.6) is 0 Å². The fraction of sp³-hybridized carbons (Fsp3) is 0.214. The van der Waals surface area contributed by atoms with Gasteiger partial charge in [0.25, 0.3) is 0 Å². The summed E-state index contributed by atoms with van der Waals surface area (Å²) in [6.45, 7) is 0.171. The summed E-state index contributed by atoms with van der Waals surface area (Å²) >= 11 is 6.03. The van der Waals surface area contributed by atoms with Crippen molar-refractivity contribution in [3.8, 4) is 0 Å². The average molecular weight is 316 g/mol. The number of aromatic nitrogens is 1. The van der Waals surface area contributed by atoms with Crippen LogP contribution in [0.4, 0.5) is 24.7 Å². The van der Waals surface area contributed by atoms with Crippen LogP contribution < -0.4 is 10.6 Å². The quantitative estimate of drug-likeness (QED) is 0.871. The van der Waals surface area contributed by atoms with Gasteiger partial charge in [0.05, 0.1) is 5.56 Å². The Morgan fingerprint density at radius 1 is 1.29 bits per heavy atom. The van der Waals surface area contributed by atoms with Crippen molar-refractivity contribution in [2.75, 3.05) is 17.7 Å². The summed E-state index contributed by atoms with van der Waals surface area (Å²) in [6, 6.07) is 7.14. The summed E-state index contributed by atoms with van der Waals surface area (Å²) in [5.41, 5.74) is 6.02. The summed E-state index contributed by atoms with van der Waals surface area (Å²) in [6.07, 6.45) is -3.14. The molecular formula is C14H13ClF3N3. The summed E-state index contributed by atoms with van der Waals surface area (Å²) < 4.78 is 38.9. The van der Waals surface area contributed by atoms with E-state index >= 15 is 0 Å². The zero-order chi connectivity index (χ0) is 15.6. The lowest BCUT2D eigenvalue weighted by Crippen LogP contribution is -2.22. The molecule has 0 amide bonds. The Morgan fingerprint density at radius 2 is 2.00 bits per heavy atom. The van der Waals surface area contributed by atoms with E-state index in [4.69, 9.17) is 17.3 Å². The van der Waals surface area contributed by atoms with Gasteiger partial charge < -0.3 is 10.6 Å². The van der Waals surface area contributed by atoms with Crippen LogP contribution in [0, 0.1) is 0 Å². The van der Waals surface area contributed by atoms with Gasteiger partial charge in [-0.1, -0.05) is 11.6 Å². The minimum atomic E-state index is -4.46. The summed E-state index contributed by atoms with van der Waals surface area (Å²) in [5, 5.41) is 0.445. The molecule has 1 heterocycles. The Kier molecular flexibility index (Phi) is 4.27.